The van der Waals surface area contributed by atoms with Crippen molar-refractivity contribution < 1.29 is 19.0 Å². The van der Waals surface area contributed by atoms with Crippen LogP contribution in [0, 0.1) is 13.8 Å². The number of methoxy groups -OCH3 is 2. The minimum atomic E-state index is -0.195. The van der Waals surface area contributed by atoms with Crippen LogP contribution in [-0.4, -0.2) is 33.3 Å². The van der Waals surface area contributed by atoms with Gasteiger partial charge in [0.1, 0.15) is 23.9 Å². The van der Waals surface area contributed by atoms with Crippen LogP contribution in [0.5, 0.6) is 17.2 Å². The molecule has 5 nitrogen and oxygen atoms in total. The molecule has 2 rings (SSSR count). The SMILES string of the molecule is COc1cc(C(=O)NCCOc2ccc(C)cc2)cc(OC)c1C. The summed E-state index contributed by atoms with van der Waals surface area (Å²) < 4.78 is 16.2. The molecule has 0 aromatic heterocycles. The van der Waals surface area contributed by atoms with Crippen LogP contribution in [0.4, 0.5) is 0 Å². The minimum Gasteiger partial charge on any atom is -0.496 e. The van der Waals surface area contributed by atoms with Gasteiger partial charge in [0.05, 0.1) is 20.8 Å². The molecule has 0 heterocycles. The van der Waals surface area contributed by atoms with Crippen LogP contribution in [0.1, 0.15) is 21.5 Å². The van der Waals surface area contributed by atoms with E-state index in [-0.39, 0.29) is 5.91 Å². The molecule has 0 saturated heterocycles. The molecule has 24 heavy (non-hydrogen) atoms. The first kappa shape index (κ1) is 17.7. The average Bonchev–Trinajstić information content (AvgIpc) is 2.60. The maximum absolute atomic E-state index is 12.3. The zero-order chi connectivity index (χ0) is 17.5. The Labute approximate surface area is 142 Å². The summed E-state index contributed by atoms with van der Waals surface area (Å²) in [5.41, 5.74) is 2.53. The Morgan fingerprint density at radius 1 is 1.00 bits per heavy atom. The van der Waals surface area contributed by atoms with Crippen LogP contribution in [0.3, 0.4) is 0 Å². The van der Waals surface area contributed by atoms with Crippen LogP contribution in [0.2, 0.25) is 0 Å². The second-order valence-corrected chi connectivity index (χ2v) is 5.42. The molecule has 0 radical (unpaired) electrons. The third-order valence-electron chi connectivity index (χ3n) is 3.69. The lowest BCUT2D eigenvalue weighted by Crippen LogP contribution is -2.28. The summed E-state index contributed by atoms with van der Waals surface area (Å²) in [4.78, 5) is 12.3. The molecular formula is C19H23NO4. The van der Waals surface area contributed by atoms with Gasteiger partial charge in [-0.05, 0) is 38.1 Å². The highest BCUT2D eigenvalue weighted by atomic mass is 16.5. The molecule has 0 fully saturated rings. The third kappa shape index (κ3) is 4.41. The molecule has 0 aliphatic carbocycles. The van der Waals surface area contributed by atoms with E-state index >= 15 is 0 Å². The van der Waals surface area contributed by atoms with Gasteiger partial charge >= 0.3 is 0 Å². The Morgan fingerprint density at radius 3 is 2.12 bits per heavy atom. The van der Waals surface area contributed by atoms with Crippen molar-refractivity contribution in [1.29, 1.82) is 0 Å². The molecule has 2 aromatic rings. The molecule has 0 aliphatic heterocycles. The molecular weight excluding hydrogens is 306 g/mol. The highest BCUT2D eigenvalue weighted by molar-refractivity contribution is 5.95. The fourth-order valence-corrected chi connectivity index (χ4v) is 2.29. The summed E-state index contributed by atoms with van der Waals surface area (Å²) >= 11 is 0. The molecule has 0 unspecified atom stereocenters. The number of hydrogen-bond acceptors (Lipinski definition) is 4. The summed E-state index contributed by atoms with van der Waals surface area (Å²) in [5.74, 6) is 1.83. The first-order valence-corrected chi connectivity index (χ1v) is 7.75. The van der Waals surface area contributed by atoms with E-state index in [9.17, 15) is 4.79 Å². The van der Waals surface area contributed by atoms with Crippen molar-refractivity contribution in [2.24, 2.45) is 0 Å². The predicted molar refractivity (Wildman–Crippen MR) is 93.3 cm³/mol. The van der Waals surface area contributed by atoms with Crippen molar-refractivity contribution in [3.8, 4) is 17.2 Å². The highest BCUT2D eigenvalue weighted by Gasteiger charge is 2.13. The maximum atomic E-state index is 12.3. The van der Waals surface area contributed by atoms with E-state index in [1.807, 2.05) is 38.1 Å². The standard InChI is InChI=1S/C19H23NO4/c1-13-5-7-16(8-6-13)24-10-9-20-19(21)15-11-17(22-3)14(2)18(12-15)23-4/h5-8,11-12H,9-10H2,1-4H3,(H,20,21). The number of amides is 1. The molecule has 128 valence electrons. The average molecular weight is 329 g/mol. The van der Waals surface area contributed by atoms with E-state index in [4.69, 9.17) is 14.2 Å². The highest BCUT2D eigenvalue weighted by Crippen LogP contribution is 2.29. The van der Waals surface area contributed by atoms with E-state index in [0.717, 1.165) is 11.3 Å². The fourth-order valence-electron chi connectivity index (χ4n) is 2.29. The van der Waals surface area contributed by atoms with Gasteiger partial charge in [0.25, 0.3) is 5.91 Å². The lowest BCUT2D eigenvalue weighted by Gasteiger charge is -2.13. The van der Waals surface area contributed by atoms with Crippen molar-refractivity contribution in [1.82, 2.24) is 5.32 Å². The Kier molecular flexibility index (Phi) is 6.07. The second kappa shape index (κ2) is 8.24. The van der Waals surface area contributed by atoms with Crippen molar-refractivity contribution in [2.75, 3.05) is 27.4 Å². The van der Waals surface area contributed by atoms with Crippen LogP contribution in [0.15, 0.2) is 36.4 Å². The van der Waals surface area contributed by atoms with E-state index < -0.39 is 0 Å². The summed E-state index contributed by atoms with van der Waals surface area (Å²) in [6.07, 6.45) is 0. The summed E-state index contributed by atoms with van der Waals surface area (Å²) in [6.45, 7) is 4.71. The Morgan fingerprint density at radius 2 is 1.58 bits per heavy atom. The van der Waals surface area contributed by atoms with Crippen LogP contribution >= 0.6 is 0 Å². The molecule has 2 aromatic carbocycles. The third-order valence-corrected chi connectivity index (χ3v) is 3.69. The lowest BCUT2D eigenvalue weighted by atomic mass is 10.1. The van der Waals surface area contributed by atoms with Crippen LogP contribution < -0.4 is 19.5 Å². The Balaban J connectivity index is 1.91. The van der Waals surface area contributed by atoms with E-state index in [1.165, 1.54) is 5.56 Å². The zero-order valence-corrected chi connectivity index (χ0v) is 14.5. The molecule has 1 N–H and O–H groups in total. The number of benzene rings is 2. The van der Waals surface area contributed by atoms with E-state index in [0.29, 0.717) is 30.2 Å². The lowest BCUT2D eigenvalue weighted by molar-refractivity contribution is 0.0946. The minimum absolute atomic E-state index is 0.195. The molecule has 0 spiro atoms. The monoisotopic (exact) mass is 329 g/mol. The van der Waals surface area contributed by atoms with Gasteiger partial charge < -0.3 is 19.5 Å². The number of rotatable bonds is 7. The quantitative estimate of drug-likeness (QED) is 0.793. The molecule has 5 heteroatoms. The number of aryl methyl sites for hydroxylation is 1. The number of nitrogens with one attached hydrogen (secondary N) is 1. The van der Waals surface area contributed by atoms with Gasteiger partial charge in [0.2, 0.25) is 0 Å². The van der Waals surface area contributed by atoms with Gasteiger partial charge in [-0.15, -0.1) is 0 Å². The van der Waals surface area contributed by atoms with Gasteiger partial charge in [-0.3, -0.25) is 4.79 Å². The largest absolute Gasteiger partial charge is 0.496 e. The van der Waals surface area contributed by atoms with Crippen molar-refractivity contribution in [3.63, 3.8) is 0 Å². The second-order valence-electron chi connectivity index (χ2n) is 5.42. The van der Waals surface area contributed by atoms with Crippen molar-refractivity contribution >= 4 is 5.91 Å². The Bertz CT molecular complexity index is 670. The molecule has 0 aliphatic rings. The normalized spacial score (nSPS) is 10.2. The van der Waals surface area contributed by atoms with Gasteiger partial charge in [0, 0.05) is 11.1 Å². The first-order valence-electron chi connectivity index (χ1n) is 7.75. The smallest absolute Gasteiger partial charge is 0.251 e. The van der Waals surface area contributed by atoms with Crippen molar-refractivity contribution in [3.05, 3.63) is 53.1 Å². The first-order chi connectivity index (χ1) is 11.5. The Hall–Kier alpha value is -2.69. The van der Waals surface area contributed by atoms with Crippen LogP contribution in [0.25, 0.3) is 0 Å². The maximum Gasteiger partial charge on any atom is 0.251 e. The number of carbonyl (C=O) groups excluding carboxylic acids is 1. The fraction of sp³-hybridized carbons (Fsp3) is 0.316. The van der Waals surface area contributed by atoms with Gasteiger partial charge in [-0.25, -0.2) is 0 Å². The number of hydrogen-bond donors (Lipinski definition) is 1. The summed E-state index contributed by atoms with van der Waals surface area (Å²) in [6, 6.07) is 11.2. The molecule has 0 saturated carbocycles. The van der Waals surface area contributed by atoms with Crippen LogP contribution in [-0.2, 0) is 0 Å². The van der Waals surface area contributed by atoms with E-state index in [1.54, 1.807) is 26.4 Å². The topological polar surface area (TPSA) is 56.8 Å². The summed E-state index contributed by atoms with van der Waals surface area (Å²) in [5, 5.41) is 2.83. The molecule has 1 amide bonds. The van der Waals surface area contributed by atoms with Gasteiger partial charge in [-0.1, -0.05) is 17.7 Å². The molecule has 0 atom stereocenters. The summed E-state index contributed by atoms with van der Waals surface area (Å²) in [7, 11) is 3.14. The number of carbonyl (C=O) groups is 1. The van der Waals surface area contributed by atoms with E-state index in [2.05, 4.69) is 5.32 Å². The van der Waals surface area contributed by atoms with Gasteiger partial charge in [0.15, 0.2) is 0 Å². The predicted octanol–water partition coefficient (Wildman–Crippen LogP) is 3.13. The van der Waals surface area contributed by atoms with Gasteiger partial charge in [-0.2, -0.15) is 0 Å². The zero-order valence-electron chi connectivity index (χ0n) is 14.5. The molecule has 0 bridgehead atoms. The number of ether oxygens (including phenoxy) is 3. The van der Waals surface area contributed by atoms with Crippen molar-refractivity contribution in [2.45, 2.75) is 13.8 Å².